The number of alkyl halides is 3. The summed E-state index contributed by atoms with van der Waals surface area (Å²) in [5.74, 6) is -0.798. The van der Waals surface area contributed by atoms with Gasteiger partial charge in [-0.25, -0.2) is 9.37 Å². The molecule has 2 aromatic carbocycles. The molecule has 0 saturated carbocycles. The molecule has 1 aromatic heterocycles. The van der Waals surface area contributed by atoms with Crippen LogP contribution in [0.1, 0.15) is 21.5 Å². The highest BCUT2D eigenvalue weighted by Gasteiger charge is 2.33. The van der Waals surface area contributed by atoms with Crippen LogP contribution in [0.2, 0.25) is 0 Å². The molecule has 0 aliphatic heterocycles. The van der Waals surface area contributed by atoms with Crippen LogP contribution >= 0.6 is 0 Å². The molecule has 8 heteroatoms. The highest BCUT2D eigenvalue weighted by molar-refractivity contribution is 5.99. The molecule has 0 saturated heterocycles. The summed E-state index contributed by atoms with van der Waals surface area (Å²) in [6, 6.07) is 13.8. The van der Waals surface area contributed by atoms with Crippen molar-refractivity contribution in [1.82, 2.24) is 9.88 Å². The van der Waals surface area contributed by atoms with Gasteiger partial charge in [-0.15, -0.1) is 0 Å². The SMILES string of the molecule is CN(Cc1ccccc1C(F)(F)F)C(=O)c1cccnc1Nc1cccc(F)c1. The molecule has 0 unspecified atom stereocenters. The molecule has 0 radical (unpaired) electrons. The fourth-order valence-corrected chi connectivity index (χ4v) is 2.85. The molecule has 1 N–H and O–H groups in total. The first-order valence-corrected chi connectivity index (χ1v) is 8.64. The average Bonchev–Trinajstić information content (AvgIpc) is 2.67. The number of anilines is 2. The van der Waals surface area contributed by atoms with Crippen molar-refractivity contribution >= 4 is 17.4 Å². The summed E-state index contributed by atoms with van der Waals surface area (Å²) in [6.07, 6.45) is -3.06. The monoisotopic (exact) mass is 403 g/mol. The van der Waals surface area contributed by atoms with Crippen LogP contribution in [0, 0.1) is 5.82 Å². The Bertz CT molecular complexity index is 1020. The van der Waals surface area contributed by atoms with Crippen molar-refractivity contribution in [2.45, 2.75) is 12.7 Å². The van der Waals surface area contributed by atoms with Gasteiger partial charge in [0.1, 0.15) is 11.6 Å². The molecule has 0 spiro atoms. The second-order valence-corrected chi connectivity index (χ2v) is 6.35. The zero-order valence-corrected chi connectivity index (χ0v) is 15.4. The largest absolute Gasteiger partial charge is 0.416 e. The fraction of sp³-hybridized carbons (Fsp3) is 0.143. The summed E-state index contributed by atoms with van der Waals surface area (Å²) in [7, 11) is 1.41. The van der Waals surface area contributed by atoms with Gasteiger partial charge in [-0.05, 0) is 42.0 Å². The Morgan fingerprint density at radius 1 is 1.07 bits per heavy atom. The number of pyridine rings is 1. The van der Waals surface area contributed by atoms with E-state index >= 15 is 0 Å². The Morgan fingerprint density at radius 2 is 1.83 bits per heavy atom. The lowest BCUT2D eigenvalue weighted by Crippen LogP contribution is -2.28. The third-order valence-corrected chi connectivity index (χ3v) is 4.20. The van der Waals surface area contributed by atoms with Gasteiger partial charge in [0, 0.05) is 25.5 Å². The zero-order valence-electron chi connectivity index (χ0n) is 15.4. The van der Waals surface area contributed by atoms with Crippen LogP contribution in [0.5, 0.6) is 0 Å². The smallest absolute Gasteiger partial charge is 0.339 e. The lowest BCUT2D eigenvalue weighted by molar-refractivity contribution is -0.138. The predicted molar refractivity (Wildman–Crippen MR) is 101 cm³/mol. The van der Waals surface area contributed by atoms with E-state index in [1.165, 1.54) is 60.6 Å². The highest BCUT2D eigenvalue weighted by Crippen LogP contribution is 2.32. The first-order chi connectivity index (χ1) is 13.8. The van der Waals surface area contributed by atoms with E-state index in [4.69, 9.17) is 0 Å². The molecule has 0 aliphatic carbocycles. The minimum absolute atomic E-state index is 0.0145. The van der Waals surface area contributed by atoms with E-state index in [0.29, 0.717) is 5.69 Å². The van der Waals surface area contributed by atoms with Crippen molar-refractivity contribution in [3.8, 4) is 0 Å². The summed E-state index contributed by atoms with van der Waals surface area (Å²) in [6.45, 7) is -0.233. The number of rotatable bonds is 5. The minimum atomic E-state index is -4.51. The lowest BCUT2D eigenvalue weighted by atomic mass is 10.1. The molecular weight excluding hydrogens is 386 g/mol. The van der Waals surface area contributed by atoms with Crippen LogP contribution in [-0.4, -0.2) is 22.8 Å². The van der Waals surface area contributed by atoms with Crippen molar-refractivity contribution < 1.29 is 22.4 Å². The number of carbonyl (C=O) groups is 1. The molecule has 29 heavy (non-hydrogen) atoms. The van der Waals surface area contributed by atoms with E-state index in [0.717, 1.165) is 6.07 Å². The van der Waals surface area contributed by atoms with Gasteiger partial charge in [-0.3, -0.25) is 4.79 Å². The maximum Gasteiger partial charge on any atom is 0.416 e. The molecule has 0 atom stereocenters. The predicted octanol–water partition coefficient (Wildman–Crippen LogP) is 5.26. The third-order valence-electron chi connectivity index (χ3n) is 4.20. The van der Waals surface area contributed by atoms with E-state index < -0.39 is 23.5 Å². The van der Waals surface area contributed by atoms with Crippen molar-refractivity contribution in [2.75, 3.05) is 12.4 Å². The minimum Gasteiger partial charge on any atom is -0.339 e. The molecule has 0 fully saturated rings. The second-order valence-electron chi connectivity index (χ2n) is 6.35. The topological polar surface area (TPSA) is 45.2 Å². The summed E-state index contributed by atoms with van der Waals surface area (Å²) in [4.78, 5) is 18.2. The maximum absolute atomic E-state index is 13.4. The number of aromatic nitrogens is 1. The van der Waals surface area contributed by atoms with Crippen LogP contribution in [0.25, 0.3) is 0 Å². The van der Waals surface area contributed by atoms with Gasteiger partial charge in [-0.2, -0.15) is 13.2 Å². The lowest BCUT2D eigenvalue weighted by Gasteiger charge is -2.21. The second kappa shape index (κ2) is 8.30. The quantitative estimate of drug-likeness (QED) is 0.592. The molecule has 3 rings (SSSR count). The van der Waals surface area contributed by atoms with Gasteiger partial charge in [0.25, 0.3) is 5.91 Å². The first-order valence-electron chi connectivity index (χ1n) is 8.64. The van der Waals surface area contributed by atoms with Gasteiger partial charge in [0.05, 0.1) is 11.1 Å². The Labute approximate surface area is 164 Å². The molecule has 0 bridgehead atoms. The maximum atomic E-state index is 13.4. The van der Waals surface area contributed by atoms with Gasteiger partial charge < -0.3 is 10.2 Å². The van der Waals surface area contributed by atoms with Crippen LogP contribution < -0.4 is 5.32 Å². The summed E-state index contributed by atoms with van der Waals surface area (Å²) in [5, 5.41) is 2.87. The summed E-state index contributed by atoms with van der Waals surface area (Å²) in [5.41, 5.74) is -0.255. The van der Waals surface area contributed by atoms with E-state index in [-0.39, 0.29) is 23.5 Å². The van der Waals surface area contributed by atoms with Crippen LogP contribution in [-0.2, 0) is 12.7 Å². The van der Waals surface area contributed by atoms with E-state index in [1.54, 1.807) is 12.1 Å². The Morgan fingerprint density at radius 3 is 2.55 bits per heavy atom. The van der Waals surface area contributed by atoms with Crippen LogP contribution in [0.3, 0.4) is 0 Å². The Kier molecular flexibility index (Phi) is 5.81. The van der Waals surface area contributed by atoms with Gasteiger partial charge in [0.15, 0.2) is 0 Å². The van der Waals surface area contributed by atoms with Crippen LogP contribution in [0.15, 0.2) is 66.9 Å². The first kappa shape index (κ1) is 20.3. The van der Waals surface area contributed by atoms with E-state index in [1.807, 2.05) is 0 Å². The molecule has 150 valence electrons. The number of amides is 1. The molecule has 3 aromatic rings. The van der Waals surface area contributed by atoms with Crippen molar-refractivity contribution in [2.24, 2.45) is 0 Å². The number of benzene rings is 2. The summed E-state index contributed by atoms with van der Waals surface area (Å²) >= 11 is 0. The van der Waals surface area contributed by atoms with Gasteiger partial charge in [0.2, 0.25) is 0 Å². The van der Waals surface area contributed by atoms with Crippen molar-refractivity contribution in [3.05, 3.63) is 89.4 Å². The van der Waals surface area contributed by atoms with Crippen LogP contribution in [0.4, 0.5) is 29.1 Å². The molecular formula is C21H17F4N3O. The third kappa shape index (κ3) is 4.90. The van der Waals surface area contributed by atoms with E-state index in [2.05, 4.69) is 10.3 Å². The average molecular weight is 403 g/mol. The van der Waals surface area contributed by atoms with Crippen molar-refractivity contribution in [1.29, 1.82) is 0 Å². The fourth-order valence-electron chi connectivity index (χ4n) is 2.85. The summed E-state index contributed by atoms with van der Waals surface area (Å²) < 4.78 is 53.0. The number of nitrogens with zero attached hydrogens (tertiary/aromatic N) is 2. The normalized spacial score (nSPS) is 11.2. The molecule has 1 amide bonds. The Hall–Kier alpha value is -3.42. The van der Waals surface area contributed by atoms with E-state index in [9.17, 15) is 22.4 Å². The number of carbonyl (C=O) groups excluding carboxylic acids is 1. The zero-order chi connectivity index (χ0) is 21.0. The Balaban J connectivity index is 1.84. The molecule has 0 aliphatic rings. The van der Waals surface area contributed by atoms with Crippen molar-refractivity contribution in [3.63, 3.8) is 0 Å². The number of halogens is 4. The number of hydrogen-bond donors (Lipinski definition) is 1. The number of hydrogen-bond acceptors (Lipinski definition) is 3. The molecule has 4 nitrogen and oxygen atoms in total. The standard InChI is InChI=1S/C21H17F4N3O/c1-28(13-14-6-2-3-10-18(14)21(23,24)25)20(29)17-9-5-11-26-19(17)27-16-8-4-7-15(22)12-16/h2-12H,13H2,1H3,(H,26,27). The molecule has 1 heterocycles. The van der Waals surface area contributed by atoms with Gasteiger partial charge >= 0.3 is 6.18 Å². The van der Waals surface area contributed by atoms with Gasteiger partial charge in [-0.1, -0.05) is 24.3 Å². The number of nitrogens with one attached hydrogen (secondary N) is 1. The highest BCUT2D eigenvalue weighted by atomic mass is 19.4.